The van der Waals surface area contributed by atoms with Crippen molar-refractivity contribution in [3.05, 3.63) is 69.1 Å². The summed E-state index contributed by atoms with van der Waals surface area (Å²) in [6, 6.07) is 8.28. The van der Waals surface area contributed by atoms with Gasteiger partial charge in [0.2, 0.25) is 0 Å². The molecule has 208 valence electrons. The van der Waals surface area contributed by atoms with Gasteiger partial charge in [0.1, 0.15) is 22.2 Å². The van der Waals surface area contributed by atoms with E-state index >= 15 is 0 Å². The number of oxazole rings is 1. The number of ether oxygens (including phenoxy) is 1. The smallest absolute Gasteiger partial charge is 0.497 e. The number of benzene rings is 2. The molecule has 0 bridgehead atoms. The maximum atomic E-state index is 14.1. The molecule has 9 nitrogen and oxygen atoms in total. The molecule has 0 amide bonds. The van der Waals surface area contributed by atoms with Gasteiger partial charge in [0, 0.05) is 10.9 Å². The molecule has 40 heavy (non-hydrogen) atoms. The van der Waals surface area contributed by atoms with Gasteiger partial charge in [-0.25, -0.2) is 9.97 Å². The highest BCUT2D eigenvalue weighted by atomic mass is 79.9. The lowest BCUT2D eigenvalue weighted by Crippen LogP contribution is -2.28. The van der Waals surface area contributed by atoms with Crippen LogP contribution in [0.1, 0.15) is 30.1 Å². The molecule has 0 aliphatic heterocycles. The van der Waals surface area contributed by atoms with Gasteiger partial charge in [-0.05, 0) is 64.5 Å². The zero-order valence-electron chi connectivity index (χ0n) is 20.4. The first-order valence-electron chi connectivity index (χ1n) is 11.7. The van der Waals surface area contributed by atoms with Crippen LogP contribution in [0.25, 0.3) is 31.7 Å². The molecular formula is C25H17BrF3N3O6S2. The summed E-state index contributed by atoms with van der Waals surface area (Å²) in [6.07, 6.45) is 4.62. The van der Waals surface area contributed by atoms with Gasteiger partial charge < -0.3 is 13.3 Å². The van der Waals surface area contributed by atoms with E-state index in [1.165, 1.54) is 29.3 Å². The number of alkyl halides is 3. The summed E-state index contributed by atoms with van der Waals surface area (Å²) >= 11 is 3.94. The summed E-state index contributed by atoms with van der Waals surface area (Å²) in [5.41, 5.74) is -4.50. The number of fused-ring (bicyclic) bond motifs is 3. The quantitative estimate of drug-likeness (QED) is 0.151. The highest BCUT2D eigenvalue weighted by molar-refractivity contribution is 9.10. The van der Waals surface area contributed by atoms with Gasteiger partial charge in [0.05, 0.1) is 34.4 Å². The second kappa shape index (κ2) is 9.59. The maximum Gasteiger partial charge on any atom is 0.534 e. The van der Waals surface area contributed by atoms with Gasteiger partial charge in [-0.3, -0.25) is 9.36 Å². The summed E-state index contributed by atoms with van der Waals surface area (Å²) in [5.74, 6) is 1.02. The average molecular weight is 656 g/mol. The number of aromatic nitrogens is 3. The Hall–Kier alpha value is -3.43. The Balaban J connectivity index is 1.64. The van der Waals surface area contributed by atoms with E-state index in [4.69, 9.17) is 14.1 Å². The number of nitrogens with zero attached hydrogens (tertiary/aromatic N) is 3. The lowest BCUT2D eigenvalue weighted by Gasteiger charge is -2.15. The second-order valence-corrected chi connectivity index (χ2v) is 12.4. The molecule has 15 heteroatoms. The third-order valence-corrected chi connectivity index (χ3v) is 9.13. The van der Waals surface area contributed by atoms with E-state index in [-0.39, 0.29) is 37.2 Å². The number of thiophene rings is 1. The topological polar surface area (TPSA) is 114 Å². The van der Waals surface area contributed by atoms with E-state index < -0.39 is 26.9 Å². The van der Waals surface area contributed by atoms with Crippen molar-refractivity contribution in [1.29, 1.82) is 0 Å². The van der Waals surface area contributed by atoms with Crippen molar-refractivity contribution in [2.24, 2.45) is 0 Å². The number of hydrogen-bond acceptors (Lipinski definition) is 9. The Morgan fingerprint density at radius 2 is 2.00 bits per heavy atom. The molecule has 1 aliphatic rings. The van der Waals surface area contributed by atoms with Gasteiger partial charge in [-0.2, -0.15) is 21.6 Å². The van der Waals surface area contributed by atoms with Crippen molar-refractivity contribution in [1.82, 2.24) is 14.5 Å². The van der Waals surface area contributed by atoms with E-state index in [9.17, 15) is 26.4 Å². The summed E-state index contributed by atoms with van der Waals surface area (Å²) in [7, 11) is -4.42. The van der Waals surface area contributed by atoms with Crippen molar-refractivity contribution in [2.75, 3.05) is 7.11 Å². The lowest BCUT2D eigenvalue weighted by molar-refractivity contribution is -0.0499. The highest BCUT2D eigenvalue weighted by Gasteiger charge is 2.49. The lowest BCUT2D eigenvalue weighted by atomic mass is 10.0. The van der Waals surface area contributed by atoms with Gasteiger partial charge in [-0.15, -0.1) is 11.3 Å². The molecular weight excluding hydrogens is 639 g/mol. The van der Waals surface area contributed by atoms with Crippen LogP contribution in [0.4, 0.5) is 13.2 Å². The van der Waals surface area contributed by atoms with Crippen LogP contribution >= 0.6 is 27.3 Å². The molecule has 2 aromatic carbocycles. The zero-order chi connectivity index (χ0) is 28.4. The molecule has 3 aromatic heterocycles. The largest absolute Gasteiger partial charge is 0.534 e. The van der Waals surface area contributed by atoms with Crippen LogP contribution in [0.5, 0.6) is 11.5 Å². The second-order valence-electron chi connectivity index (χ2n) is 9.04. The first-order chi connectivity index (χ1) is 19.0. The van der Waals surface area contributed by atoms with E-state index in [1.54, 1.807) is 13.2 Å². The standard InChI is InChI=1S/C25H17BrF3N3O6S2/c1-36-13-4-5-15(17(8-13)12-2-3-12)22-31-23-19(24(33)32(22)10-14-9-30-11-37-14)16-6-7-18(26)20(21(16)39-23)38-40(34,35)25(27,28)29/h4-9,11-12H,2-3,10H2,1H3. The Morgan fingerprint density at radius 1 is 1.23 bits per heavy atom. The predicted molar refractivity (Wildman–Crippen MR) is 144 cm³/mol. The molecule has 5 aromatic rings. The molecule has 0 unspecified atom stereocenters. The fourth-order valence-corrected chi connectivity index (χ4v) is 6.78. The predicted octanol–water partition coefficient (Wildman–Crippen LogP) is 6.19. The van der Waals surface area contributed by atoms with Crippen LogP contribution < -0.4 is 14.5 Å². The van der Waals surface area contributed by atoms with Crippen molar-refractivity contribution in [3.8, 4) is 22.9 Å². The summed E-state index contributed by atoms with van der Waals surface area (Å²) < 4.78 is 79.9. The highest BCUT2D eigenvalue weighted by Crippen LogP contribution is 2.47. The minimum atomic E-state index is -5.98. The Labute approximate surface area is 236 Å². The first-order valence-corrected chi connectivity index (χ1v) is 14.7. The van der Waals surface area contributed by atoms with E-state index in [1.807, 2.05) is 12.1 Å². The molecule has 0 atom stereocenters. The summed E-state index contributed by atoms with van der Waals surface area (Å²) in [5, 5.41) is 0.301. The van der Waals surface area contributed by atoms with Crippen LogP contribution in [-0.2, 0) is 16.7 Å². The van der Waals surface area contributed by atoms with Crippen LogP contribution in [0.2, 0.25) is 0 Å². The van der Waals surface area contributed by atoms with Gasteiger partial charge in [0.15, 0.2) is 12.1 Å². The first kappa shape index (κ1) is 26.8. The number of hydrogen-bond donors (Lipinski definition) is 0. The normalized spacial score (nSPS) is 14.2. The molecule has 1 aliphatic carbocycles. The molecule has 3 heterocycles. The molecule has 1 fully saturated rings. The number of rotatable bonds is 7. The van der Waals surface area contributed by atoms with Gasteiger partial charge >= 0.3 is 15.6 Å². The fourth-order valence-electron chi connectivity index (χ4n) is 4.44. The Kier molecular flexibility index (Phi) is 6.42. The van der Waals surface area contributed by atoms with E-state index in [0.717, 1.165) is 29.7 Å². The van der Waals surface area contributed by atoms with Gasteiger partial charge in [0.25, 0.3) is 5.56 Å². The van der Waals surface area contributed by atoms with Crippen LogP contribution in [0, 0.1) is 0 Å². The van der Waals surface area contributed by atoms with Crippen LogP contribution in [0.3, 0.4) is 0 Å². The van der Waals surface area contributed by atoms with Crippen molar-refractivity contribution >= 4 is 57.7 Å². The van der Waals surface area contributed by atoms with Crippen LogP contribution in [-0.4, -0.2) is 35.6 Å². The molecule has 0 N–H and O–H groups in total. The molecule has 1 saturated carbocycles. The Morgan fingerprint density at radius 3 is 2.65 bits per heavy atom. The maximum absolute atomic E-state index is 14.1. The minimum absolute atomic E-state index is 0.0160. The molecule has 0 saturated heterocycles. The molecule has 0 radical (unpaired) electrons. The summed E-state index contributed by atoms with van der Waals surface area (Å²) in [4.78, 5) is 23.0. The van der Waals surface area contributed by atoms with Gasteiger partial charge in [-0.1, -0.05) is 6.07 Å². The fraction of sp³-hybridized carbons (Fsp3) is 0.240. The number of halogens is 4. The zero-order valence-corrected chi connectivity index (χ0v) is 23.6. The third-order valence-electron chi connectivity index (χ3n) is 6.46. The van der Waals surface area contributed by atoms with E-state index in [2.05, 4.69) is 25.1 Å². The SMILES string of the molecule is COc1ccc(-c2nc3sc4c(OS(=O)(=O)C(F)(F)F)c(Br)ccc4c3c(=O)n2Cc2cnco2)c(C2CC2)c1. The van der Waals surface area contributed by atoms with Crippen molar-refractivity contribution in [3.63, 3.8) is 0 Å². The molecule has 6 rings (SSSR count). The monoisotopic (exact) mass is 655 g/mol. The summed E-state index contributed by atoms with van der Waals surface area (Å²) in [6.45, 7) is -0.0209. The van der Waals surface area contributed by atoms with E-state index in [0.29, 0.717) is 22.9 Å². The van der Waals surface area contributed by atoms with Crippen molar-refractivity contribution in [2.45, 2.75) is 30.8 Å². The van der Waals surface area contributed by atoms with Crippen LogP contribution in [0.15, 0.2) is 56.6 Å². The third kappa shape index (κ3) is 4.55. The Bertz CT molecular complexity index is 1950. The molecule has 0 spiro atoms. The number of methoxy groups -OCH3 is 1. The minimum Gasteiger partial charge on any atom is -0.497 e. The van der Waals surface area contributed by atoms with Crippen molar-refractivity contribution < 1.29 is 34.9 Å². The average Bonchev–Trinajstić information content (AvgIpc) is 3.49.